The summed E-state index contributed by atoms with van der Waals surface area (Å²) in [5.74, 6) is -0.584. The molecule has 1 aliphatic rings. The molecule has 0 unspecified atom stereocenters. The number of hydrogen-bond acceptors (Lipinski definition) is 3. The molecule has 0 atom stereocenters. The molecule has 0 spiro atoms. The van der Waals surface area contributed by atoms with Gasteiger partial charge in [0.25, 0.3) is 0 Å². The van der Waals surface area contributed by atoms with Crippen LogP contribution in [0.1, 0.15) is 5.56 Å². The van der Waals surface area contributed by atoms with Crippen molar-refractivity contribution in [1.29, 1.82) is 0 Å². The predicted octanol–water partition coefficient (Wildman–Crippen LogP) is 0.515. The van der Waals surface area contributed by atoms with Crippen LogP contribution < -0.4 is 0 Å². The summed E-state index contributed by atoms with van der Waals surface area (Å²) in [5, 5.41) is 0. The van der Waals surface area contributed by atoms with E-state index in [-0.39, 0.29) is 24.3 Å². The molecule has 1 fully saturated rings. The molecule has 2 radical (unpaired) electrons. The molecule has 7 heteroatoms. The van der Waals surface area contributed by atoms with Crippen molar-refractivity contribution in [2.75, 3.05) is 26.3 Å². The van der Waals surface area contributed by atoms with Gasteiger partial charge in [0.1, 0.15) is 5.82 Å². The second-order valence-corrected chi connectivity index (χ2v) is 5.88. The number of hydrogen-bond donors (Lipinski definition) is 0. The lowest BCUT2D eigenvalue weighted by Crippen LogP contribution is -2.41. The van der Waals surface area contributed by atoms with Crippen LogP contribution in [-0.4, -0.2) is 46.9 Å². The first kappa shape index (κ1) is 13.5. The largest absolute Gasteiger partial charge is 0.379 e. The Kier molecular flexibility index (Phi) is 4.04. The van der Waals surface area contributed by atoms with Gasteiger partial charge < -0.3 is 4.74 Å². The minimum absolute atomic E-state index is 0.0492. The van der Waals surface area contributed by atoms with E-state index in [4.69, 9.17) is 12.6 Å². The number of nitrogens with zero attached hydrogens (tertiary/aromatic N) is 1. The Balaban J connectivity index is 2.42. The van der Waals surface area contributed by atoms with Crippen molar-refractivity contribution in [3.8, 4) is 0 Å². The van der Waals surface area contributed by atoms with Crippen LogP contribution in [0.15, 0.2) is 23.1 Å². The van der Waals surface area contributed by atoms with Gasteiger partial charge in [-0.3, -0.25) is 0 Å². The van der Waals surface area contributed by atoms with Gasteiger partial charge in [-0.15, -0.1) is 0 Å². The summed E-state index contributed by atoms with van der Waals surface area (Å²) in [6, 6.07) is 3.64. The van der Waals surface area contributed by atoms with Crippen molar-refractivity contribution in [2.24, 2.45) is 0 Å². The van der Waals surface area contributed by atoms with Crippen LogP contribution in [0.5, 0.6) is 0 Å². The molecule has 4 nitrogen and oxygen atoms in total. The predicted molar refractivity (Wildman–Crippen MR) is 65.4 cm³/mol. The number of halogens is 1. The topological polar surface area (TPSA) is 46.6 Å². The Hall–Kier alpha value is -0.915. The molecule has 1 saturated heterocycles. The van der Waals surface area contributed by atoms with Gasteiger partial charge in [0, 0.05) is 13.1 Å². The van der Waals surface area contributed by atoms with Gasteiger partial charge in [-0.1, -0.05) is 12.4 Å². The zero-order valence-electron chi connectivity index (χ0n) is 9.80. The zero-order valence-corrected chi connectivity index (χ0v) is 10.6. The summed E-state index contributed by atoms with van der Waals surface area (Å²) in [5.41, 5.74) is 0.419. The van der Waals surface area contributed by atoms with Crippen molar-refractivity contribution < 1.29 is 17.5 Å². The highest BCUT2D eigenvalue weighted by Crippen LogP contribution is 2.22. The van der Waals surface area contributed by atoms with Gasteiger partial charge in [0.05, 0.1) is 26.0 Å². The van der Waals surface area contributed by atoms with Gasteiger partial charge in [0.15, 0.2) is 0 Å². The summed E-state index contributed by atoms with van der Waals surface area (Å²) < 4.78 is 44.4. The maximum absolute atomic E-state index is 13.2. The molecule has 0 saturated carbocycles. The molecule has 0 N–H and O–H groups in total. The SMILES string of the molecule is [B]Cc1ccc(F)cc1S(=O)(=O)N1CCOCC1. The second-order valence-electron chi connectivity index (χ2n) is 3.97. The van der Waals surface area contributed by atoms with E-state index in [0.29, 0.717) is 18.8 Å². The first-order valence-corrected chi connectivity index (χ1v) is 7.06. The second kappa shape index (κ2) is 5.38. The molecule has 1 aromatic rings. The van der Waals surface area contributed by atoms with Crippen LogP contribution in [0.2, 0.25) is 0 Å². The van der Waals surface area contributed by atoms with E-state index in [1.165, 1.54) is 16.4 Å². The van der Waals surface area contributed by atoms with Gasteiger partial charge >= 0.3 is 0 Å². The van der Waals surface area contributed by atoms with Crippen LogP contribution in [0.3, 0.4) is 0 Å². The average Bonchev–Trinajstić information content (AvgIpc) is 2.39. The van der Waals surface area contributed by atoms with Gasteiger partial charge in [-0.05, 0) is 17.7 Å². The molecule has 1 aromatic carbocycles. The lowest BCUT2D eigenvalue weighted by Gasteiger charge is -2.26. The van der Waals surface area contributed by atoms with Crippen molar-refractivity contribution in [3.63, 3.8) is 0 Å². The fourth-order valence-electron chi connectivity index (χ4n) is 1.86. The van der Waals surface area contributed by atoms with Crippen LogP contribution in [0.4, 0.5) is 4.39 Å². The van der Waals surface area contributed by atoms with Gasteiger partial charge in [-0.25, -0.2) is 12.8 Å². The van der Waals surface area contributed by atoms with E-state index in [0.717, 1.165) is 6.07 Å². The summed E-state index contributed by atoms with van der Waals surface area (Å²) in [6.45, 7) is 1.27. The first-order valence-electron chi connectivity index (χ1n) is 5.62. The third kappa shape index (κ3) is 2.58. The highest BCUT2D eigenvalue weighted by atomic mass is 32.2. The highest BCUT2D eigenvalue weighted by molar-refractivity contribution is 7.89. The van der Waals surface area contributed by atoms with E-state index in [1.807, 2.05) is 0 Å². The summed E-state index contributed by atoms with van der Waals surface area (Å²) in [6.07, 6.45) is 0.0547. The molecule has 2 rings (SSSR count). The van der Waals surface area contributed by atoms with Gasteiger partial charge in [0.2, 0.25) is 10.0 Å². The lowest BCUT2D eigenvalue weighted by molar-refractivity contribution is 0.0730. The monoisotopic (exact) mass is 269 g/mol. The van der Waals surface area contributed by atoms with Crippen molar-refractivity contribution in [3.05, 3.63) is 29.6 Å². The normalized spacial score (nSPS) is 17.8. The Morgan fingerprint density at radius 1 is 1.33 bits per heavy atom. The van der Waals surface area contributed by atoms with Crippen LogP contribution in [0.25, 0.3) is 0 Å². The maximum Gasteiger partial charge on any atom is 0.243 e. The fourth-order valence-corrected chi connectivity index (χ4v) is 3.52. The Labute approximate surface area is 107 Å². The third-order valence-electron chi connectivity index (χ3n) is 2.84. The van der Waals surface area contributed by atoms with Crippen LogP contribution in [0, 0.1) is 5.82 Å². The highest BCUT2D eigenvalue weighted by Gasteiger charge is 2.28. The number of rotatable bonds is 3. The minimum atomic E-state index is -3.69. The average molecular weight is 269 g/mol. The Bertz CT molecular complexity index is 529. The van der Waals surface area contributed by atoms with Crippen LogP contribution in [-0.2, 0) is 21.1 Å². The van der Waals surface area contributed by atoms with E-state index in [9.17, 15) is 12.8 Å². The first-order chi connectivity index (χ1) is 8.55. The van der Waals surface area contributed by atoms with Crippen molar-refractivity contribution in [2.45, 2.75) is 11.2 Å². The molecule has 0 aliphatic carbocycles. The molecule has 0 bridgehead atoms. The molecule has 0 aromatic heterocycles. The van der Waals surface area contributed by atoms with Crippen LogP contribution >= 0.6 is 0 Å². The summed E-state index contributed by atoms with van der Waals surface area (Å²) in [7, 11) is 1.80. The van der Waals surface area contributed by atoms with Crippen molar-refractivity contribution in [1.82, 2.24) is 4.31 Å². The minimum Gasteiger partial charge on any atom is -0.379 e. The molecule has 1 heterocycles. The smallest absolute Gasteiger partial charge is 0.243 e. The molecule has 0 amide bonds. The summed E-state index contributed by atoms with van der Waals surface area (Å²) >= 11 is 0. The van der Waals surface area contributed by atoms with E-state index < -0.39 is 15.8 Å². The van der Waals surface area contributed by atoms with E-state index in [2.05, 4.69) is 0 Å². The molecule has 96 valence electrons. The van der Waals surface area contributed by atoms with Crippen molar-refractivity contribution >= 4 is 17.9 Å². The number of sulfonamides is 1. The zero-order chi connectivity index (χ0) is 13.2. The van der Waals surface area contributed by atoms with E-state index in [1.54, 1.807) is 0 Å². The third-order valence-corrected chi connectivity index (χ3v) is 4.82. The summed E-state index contributed by atoms with van der Waals surface area (Å²) in [4.78, 5) is -0.0492. The number of morpholine rings is 1. The fraction of sp³-hybridized carbons (Fsp3) is 0.455. The molecular weight excluding hydrogens is 256 g/mol. The number of ether oxygens (including phenoxy) is 1. The number of benzene rings is 1. The Morgan fingerprint density at radius 2 is 2.00 bits per heavy atom. The standard InChI is InChI=1S/C11H13BFNO3S/c12-8-9-1-2-10(13)7-11(9)18(15,16)14-3-5-17-6-4-14/h1-2,7H,3-6,8H2. The Morgan fingerprint density at radius 3 is 2.61 bits per heavy atom. The molecule has 1 aliphatic heterocycles. The lowest BCUT2D eigenvalue weighted by atomic mass is 9.97. The quantitative estimate of drug-likeness (QED) is 0.751. The molecule has 18 heavy (non-hydrogen) atoms. The maximum atomic E-state index is 13.2. The van der Waals surface area contributed by atoms with E-state index >= 15 is 0 Å². The van der Waals surface area contributed by atoms with Gasteiger partial charge in [-0.2, -0.15) is 4.31 Å². The molecular formula is C11H13BFNO3S.